The summed E-state index contributed by atoms with van der Waals surface area (Å²) in [5.41, 5.74) is 18.5. The number of fused-ring (bicyclic) bond motifs is 15. The van der Waals surface area contributed by atoms with Crippen LogP contribution in [0.5, 0.6) is 11.5 Å². The molecule has 14 rings (SSSR count). The number of hydrogen-bond acceptors (Lipinski definition) is 3. The Morgan fingerprint density at radius 2 is 0.900 bits per heavy atom. The third-order valence-corrected chi connectivity index (χ3v) is 15.4. The minimum absolute atomic E-state index is 0.700. The van der Waals surface area contributed by atoms with Crippen LogP contribution in [0, 0.1) is 0 Å². The van der Waals surface area contributed by atoms with E-state index in [9.17, 15) is 0 Å². The number of aryl methyl sites for hydroxylation is 2. The Morgan fingerprint density at radius 1 is 0.429 bits per heavy atom. The lowest BCUT2D eigenvalue weighted by atomic mass is 9.66. The van der Waals surface area contributed by atoms with Crippen molar-refractivity contribution in [1.29, 1.82) is 0 Å². The van der Waals surface area contributed by atoms with Gasteiger partial charge in [0.2, 0.25) is 0 Å². The number of allylic oxidation sites excluding steroid dienone is 4. The summed E-state index contributed by atoms with van der Waals surface area (Å²) in [6, 6.07) is 74.4. The first-order valence-electron chi connectivity index (χ1n) is 24.8. The van der Waals surface area contributed by atoms with Crippen molar-refractivity contribution in [2.75, 3.05) is 9.80 Å². The zero-order chi connectivity index (χ0) is 46.5. The van der Waals surface area contributed by atoms with Gasteiger partial charge in [-0.05, 0) is 152 Å². The molecule has 1 aliphatic heterocycles. The molecule has 5 heteroatoms. The molecule has 0 unspecified atom stereocenters. The van der Waals surface area contributed by atoms with Gasteiger partial charge in [-0.25, -0.2) is 0 Å². The smallest absolute Gasteiger partial charge is 0.132 e. The third-order valence-electron chi connectivity index (χ3n) is 15.4. The highest BCUT2D eigenvalue weighted by atomic mass is 16.5. The van der Waals surface area contributed by atoms with Crippen molar-refractivity contribution in [1.82, 2.24) is 9.13 Å². The summed E-state index contributed by atoms with van der Waals surface area (Å²) in [5.74, 6) is 1.76. The first-order valence-corrected chi connectivity index (χ1v) is 24.8. The summed E-state index contributed by atoms with van der Waals surface area (Å²) < 4.78 is 11.8. The van der Waals surface area contributed by atoms with E-state index < -0.39 is 5.41 Å². The number of para-hydroxylation sites is 5. The largest absolute Gasteiger partial charge is 0.457 e. The molecule has 0 bridgehead atoms. The molecule has 9 aromatic carbocycles. The van der Waals surface area contributed by atoms with Gasteiger partial charge in [0, 0.05) is 102 Å². The maximum absolute atomic E-state index is 6.89. The van der Waals surface area contributed by atoms with Gasteiger partial charge in [-0.15, -0.1) is 0 Å². The summed E-state index contributed by atoms with van der Waals surface area (Å²) in [4.78, 5) is 4.96. The second kappa shape index (κ2) is 15.8. The van der Waals surface area contributed by atoms with Crippen LogP contribution >= 0.6 is 0 Å². The fourth-order valence-corrected chi connectivity index (χ4v) is 12.5. The molecule has 2 aliphatic carbocycles. The van der Waals surface area contributed by atoms with Crippen LogP contribution in [-0.4, -0.2) is 9.13 Å². The van der Waals surface area contributed by atoms with E-state index in [4.69, 9.17) is 4.74 Å². The van der Waals surface area contributed by atoms with E-state index in [0.717, 1.165) is 77.0 Å². The third kappa shape index (κ3) is 5.78. The second-order valence-corrected chi connectivity index (χ2v) is 18.9. The molecule has 5 nitrogen and oxygen atoms in total. The molecule has 3 aliphatic rings. The SMILES string of the molecule is CCn1c2ccccc2c2cc(N(C3=CC=CCC3)c3ccc4c(c3)C3(c5ccccc5Oc5ccccc53)c3cc(N(c5ccccc5)c5ccc6c(c5)c5ccccc5n6CC)ccc3-4)ccc21. The van der Waals surface area contributed by atoms with Crippen molar-refractivity contribution in [3.05, 3.63) is 246 Å². The van der Waals surface area contributed by atoms with Crippen molar-refractivity contribution in [2.45, 2.75) is 45.2 Å². The number of aromatic nitrogens is 2. The van der Waals surface area contributed by atoms with E-state index in [1.165, 1.54) is 71.6 Å². The Morgan fingerprint density at radius 3 is 1.46 bits per heavy atom. The van der Waals surface area contributed by atoms with Crippen LogP contribution in [0.2, 0.25) is 0 Å². The molecule has 11 aromatic rings. The predicted molar refractivity (Wildman–Crippen MR) is 291 cm³/mol. The molecular formula is C65H50N4O. The van der Waals surface area contributed by atoms with Crippen LogP contribution in [0.25, 0.3) is 54.7 Å². The molecule has 0 N–H and O–H groups in total. The zero-order valence-corrected chi connectivity index (χ0v) is 39.3. The van der Waals surface area contributed by atoms with Gasteiger partial charge in [0.05, 0.1) is 5.41 Å². The van der Waals surface area contributed by atoms with Gasteiger partial charge in [-0.2, -0.15) is 0 Å². The Kier molecular flexibility index (Phi) is 9.12. The number of hydrogen-bond donors (Lipinski definition) is 0. The minimum Gasteiger partial charge on any atom is -0.457 e. The van der Waals surface area contributed by atoms with Crippen molar-refractivity contribution in [3.8, 4) is 22.6 Å². The summed E-state index contributed by atoms with van der Waals surface area (Å²) in [7, 11) is 0. The molecule has 0 saturated heterocycles. The van der Waals surface area contributed by atoms with E-state index in [1.54, 1.807) is 0 Å². The van der Waals surface area contributed by atoms with Crippen molar-refractivity contribution in [2.24, 2.45) is 0 Å². The van der Waals surface area contributed by atoms with E-state index in [2.05, 4.69) is 251 Å². The number of nitrogens with zero attached hydrogens (tertiary/aromatic N) is 4. The second-order valence-electron chi connectivity index (χ2n) is 18.9. The molecule has 0 atom stereocenters. The molecule has 0 saturated carbocycles. The quantitative estimate of drug-likeness (QED) is 0.152. The van der Waals surface area contributed by atoms with E-state index in [-0.39, 0.29) is 0 Å². The fraction of sp³-hybridized carbons (Fsp3) is 0.108. The summed E-state index contributed by atoms with van der Waals surface area (Å²) in [5, 5.41) is 5.08. The lowest BCUT2D eigenvalue weighted by Gasteiger charge is -2.40. The average molecular weight is 903 g/mol. The highest BCUT2D eigenvalue weighted by Gasteiger charge is 2.51. The van der Waals surface area contributed by atoms with Gasteiger partial charge >= 0.3 is 0 Å². The first-order chi connectivity index (χ1) is 34.6. The summed E-state index contributed by atoms with van der Waals surface area (Å²) >= 11 is 0. The molecule has 70 heavy (non-hydrogen) atoms. The van der Waals surface area contributed by atoms with Crippen LogP contribution < -0.4 is 14.5 Å². The number of benzene rings is 9. The number of rotatable bonds is 8. The van der Waals surface area contributed by atoms with E-state index in [1.807, 2.05) is 0 Å². The lowest BCUT2D eigenvalue weighted by molar-refractivity contribution is 0.436. The Labute approximate surface area is 408 Å². The number of ether oxygens (including phenoxy) is 1. The highest BCUT2D eigenvalue weighted by Crippen LogP contribution is 2.63. The summed E-state index contributed by atoms with van der Waals surface area (Å²) in [6.45, 7) is 6.29. The van der Waals surface area contributed by atoms with Crippen LogP contribution in [0.1, 0.15) is 48.9 Å². The maximum Gasteiger partial charge on any atom is 0.132 e. The minimum atomic E-state index is -0.700. The molecule has 0 radical (unpaired) electrons. The normalized spacial score (nSPS) is 14.1. The molecular weight excluding hydrogens is 853 g/mol. The topological polar surface area (TPSA) is 25.6 Å². The van der Waals surface area contributed by atoms with Gasteiger partial charge in [0.15, 0.2) is 0 Å². The van der Waals surface area contributed by atoms with Gasteiger partial charge < -0.3 is 23.7 Å². The summed E-state index contributed by atoms with van der Waals surface area (Å²) in [6.07, 6.45) is 8.75. The monoisotopic (exact) mass is 902 g/mol. The Bertz CT molecular complexity index is 3940. The van der Waals surface area contributed by atoms with E-state index in [0.29, 0.717) is 0 Å². The Hall–Kier alpha value is -8.54. The van der Waals surface area contributed by atoms with Crippen molar-refractivity contribution in [3.63, 3.8) is 0 Å². The maximum atomic E-state index is 6.89. The zero-order valence-electron chi connectivity index (χ0n) is 39.3. The van der Waals surface area contributed by atoms with Gasteiger partial charge in [-0.3, -0.25) is 0 Å². The van der Waals surface area contributed by atoms with Crippen molar-refractivity contribution < 1.29 is 4.74 Å². The fourth-order valence-electron chi connectivity index (χ4n) is 12.5. The van der Waals surface area contributed by atoms with Gasteiger partial charge in [0.25, 0.3) is 0 Å². The van der Waals surface area contributed by atoms with Gasteiger partial charge in [-0.1, -0.05) is 115 Å². The van der Waals surface area contributed by atoms with Crippen LogP contribution in [0.4, 0.5) is 28.4 Å². The standard InChI is InChI=1S/C65H50N4O/c1-3-66-59-27-15-11-23-51(59)53-39-45(33-37-61(53)66)68(43-19-7-5-8-20-43)47-31-35-49-50-36-32-48(42-58(50)65(57(49)41-47)55-25-13-17-29-63(55)70-64-30-18-14-26-56(64)65)69(44-21-9-6-10-22-44)46-34-38-62-54(40-46)52-24-12-16-28-60(52)67(62)4-2/h5-9,11-21,23-42H,3-4,10,22H2,1-2H3. The highest BCUT2D eigenvalue weighted by molar-refractivity contribution is 6.11. The predicted octanol–water partition coefficient (Wildman–Crippen LogP) is 17.3. The van der Waals surface area contributed by atoms with Crippen molar-refractivity contribution >= 4 is 72.0 Å². The Balaban J connectivity index is 1.01. The lowest BCUT2D eigenvalue weighted by Crippen LogP contribution is -2.32. The molecule has 3 heterocycles. The average Bonchev–Trinajstić information content (AvgIpc) is 4.02. The molecule has 1 spiro atoms. The molecule has 2 aromatic heterocycles. The number of anilines is 5. The van der Waals surface area contributed by atoms with Crippen LogP contribution in [0.3, 0.4) is 0 Å². The van der Waals surface area contributed by atoms with Crippen LogP contribution in [-0.2, 0) is 18.5 Å². The van der Waals surface area contributed by atoms with E-state index >= 15 is 0 Å². The first kappa shape index (κ1) is 40.5. The van der Waals surface area contributed by atoms with Crippen LogP contribution in [0.15, 0.2) is 224 Å². The molecule has 0 amide bonds. The molecule has 0 fully saturated rings. The molecule has 336 valence electrons. The van der Waals surface area contributed by atoms with Gasteiger partial charge in [0.1, 0.15) is 11.5 Å².